The fourth-order valence-electron chi connectivity index (χ4n) is 1.24. The van der Waals surface area contributed by atoms with Crippen LogP contribution in [0.1, 0.15) is 6.92 Å². The Morgan fingerprint density at radius 3 is 2.93 bits per heavy atom. The van der Waals surface area contributed by atoms with Gasteiger partial charge in [-0.2, -0.15) is 0 Å². The summed E-state index contributed by atoms with van der Waals surface area (Å²) in [6.45, 7) is 5.64. The Morgan fingerprint density at radius 1 is 1.43 bits per heavy atom. The lowest BCUT2D eigenvalue weighted by Crippen LogP contribution is -1.78. The molecule has 0 saturated carbocycles. The van der Waals surface area contributed by atoms with Gasteiger partial charge in [0.05, 0.1) is 0 Å². The zero-order chi connectivity index (χ0) is 9.97. The van der Waals surface area contributed by atoms with Crippen LogP contribution in [0.4, 0.5) is 5.00 Å². The first-order valence-electron chi connectivity index (χ1n) is 4.46. The molecule has 0 unspecified atom stereocenters. The summed E-state index contributed by atoms with van der Waals surface area (Å²) in [6, 6.07) is 10.4. The lowest BCUT2D eigenvalue weighted by atomic mass is 10.3. The topological polar surface area (TPSA) is 12.4 Å². The van der Waals surface area contributed by atoms with E-state index in [0.717, 1.165) is 10.7 Å². The van der Waals surface area contributed by atoms with E-state index in [9.17, 15) is 0 Å². The number of nitrogens with zero attached hydrogens (tertiary/aromatic N) is 1. The van der Waals surface area contributed by atoms with Crippen molar-refractivity contribution < 1.29 is 0 Å². The molecule has 0 saturated heterocycles. The van der Waals surface area contributed by atoms with E-state index in [0.29, 0.717) is 0 Å². The minimum Gasteiger partial charge on any atom is -0.243 e. The molecule has 0 fully saturated rings. The predicted molar refractivity (Wildman–Crippen MR) is 64.8 cm³/mol. The van der Waals surface area contributed by atoms with Gasteiger partial charge >= 0.3 is 0 Å². The predicted octanol–water partition coefficient (Wildman–Crippen LogP) is 4.18. The lowest BCUT2D eigenvalue weighted by molar-refractivity contribution is 1.60. The molecule has 1 nitrogen and oxygen atoms in total. The minimum atomic E-state index is 0.955. The van der Waals surface area contributed by atoms with Crippen LogP contribution in [0.3, 0.4) is 0 Å². The third-order valence-electron chi connectivity index (χ3n) is 1.99. The Kier molecular flexibility index (Phi) is 2.46. The van der Waals surface area contributed by atoms with E-state index in [1.54, 1.807) is 17.4 Å². The molecular formula is C12H11NS. The van der Waals surface area contributed by atoms with Crippen molar-refractivity contribution in [1.29, 1.82) is 0 Å². The molecule has 0 aliphatic rings. The highest BCUT2D eigenvalue weighted by molar-refractivity contribution is 7.22. The van der Waals surface area contributed by atoms with Crippen LogP contribution in [0.25, 0.3) is 10.1 Å². The van der Waals surface area contributed by atoms with Gasteiger partial charge in [0.2, 0.25) is 0 Å². The van der Waals surface area contributed by atoms with E-state index >= 15 is 0 Å². The van der Waals surface area contributed by atoms with Gasteiger partial charge in [0.1, 0.15) is 5.00 Å². The summed E-state index contributed by atoms with van der Waals surface area (Å²) in [5, 5.41) is 2.30. The number of rotatable bonds is 2. The lowest BCUT2D eigenvalue weighted by Gasteiger charge is -1.86. The number of hydrogen-bond acceptors (Lipinski definition) is 2. The molecule has 0 amide bonds. The van der Waals surface area contributed by atoms with Gasteiger partial charge in [0.15, 0.2) is 0 Å². The van der Waals surface area contributed by atoms with Crippen molar-refractivity contribution in [2.75, 3.05) is 0 Å². The molecule has 1 heterocycles. The molecular weight excluding hydrogens is 190 g/mol. The average Bonchev–Trinajstić information content (AvgIpc) is 2.59. The molecule has 70 valence electrons. The molecule has 1 aromatic heterocycles. The van der Waals surface area contributed by atoms with Crippen molar-refractivity contribution >= 4 is 32.1 Å². The van der Waals surface area contributed by atoms with Crippen molar-refractivity contribution in [3.63, 3.8) is 0 Å². The molecule has 0 atom stereocenters. The summed E-state index contributed by atoms with van der Waals surface area (Å²) >= 11 is 1.71. The van der Waals surface area contributed by atoms with Crippen LogP contribution in [-0.4, -0.2) is 5.71 Å². The van der Waals surface area contributed by atoms with E-state index in [1.165, 1.54) is 10.1 Å². The van der Waals surface area contributed by atoms with E-state index in [2.05, 4.69) is 29.8 Å². The Morgan fingerprint density at radius 2 is 2.21 bits per heavy atom. The quantitative estimate of drug-likeness (QED) is 0.646. The average molecular weight is 201 g/mol. The van der Waals surface area contributed by atoms with Crippen molar-refractivity contribution in [3.05, 3.63) is 43.0 Å². The van der Waals surface area contributed by atoms with Gasteiger partial charge in [-0.25, -0.2) is 4.99 Å². The number of aliphatic imine (C=N–C) groups is 1. The largest absolute Gasteiger partial charge is 0.243 e. The van der Waals surface area contributed by atoms with E-state index in [4.69, 9.17) is 0 Å². The summed E-state index contributed by atoms with van der Waals surface area (Å²) in [6.07, 6.45) is 1.77. The summed E-state index contributed by atoms with van der Waals surface area (Å²) in [4.78, 5) is 4.43. The Balaban J connectivity index is 2.50. The fraction of sp³-hybridized carbons (Fsp3) is 0.0833. The maximum atomic E-state index is 4.43. The Bertz CT molecular complexity index is 461. The van der Waals surface area contributed by atoms with Crippen LogP contribution in [-0.2, 0) is 0 Å². The summed E-state index contributed by atoms with van der Waals surface area (Å²) in [7, 11) is 0. The van der Waals surface area contributed by atoms with Crippen LogP contribution in [0.5, 0.6) is 0 Å². The Labute approximate surface area is 87.4 Å². The highest BCUT2D eigenvalue weighted by Crippen LogP contribution is 2.31. The van der Waals surface area contributed by atoms with Crippen LogP contribution >= 0.6 is 11.3 Å². The van der Waals surface area contributed by atoms with Crippen molar-refractivity contribution in [2.24, 2.45) is 4.99 Å². The van der Waals surface area contributed by atoms with Crippen molar-refractivity contribution in [2.45, 2.75) is 6.92 Å². The molecule has 14 heavy (non-hydrogen) atoms. The zero-order valence-electron chi connectivity index (χ0n) is 8.03. The SMILES string of the molecule is C=C/C(C)=N/c1cc2ccccc2s1. The highest BCUT2D eigenvalue weighted by atomic mass is 32.1. The number of benzene rings is 1. The second kappa shape index (κ2) is 3.76. The molecule has 2 aromatic rings. The third kappa shape index (κ3) is 1.75. The fourth-order valence-corrected chi connectivity index (χ4v) is 2.23. The highest BCUT2D eigenvalue weighted by Gasteiger charge is 1.98. The van der Waals surface area contributed by atoms with Crippen LogP contribution in [0, 0.1) is 0 Å². The van der Waals surface area contributed by atoms with Gasteiger partial charge in [-0.15, -0.1) is 11.3 Å². The first kappa shape index (κ1) is 9.16. The molecule has 0 aliphatic heterocycles. The van der Waals surface area contributed by atoms with E-state index < -0.39 is 0 Å². The van der Waals surface area contributed by atoms with Gasteiger partial charge in [-0.1, -0.05) is 24.8 Å². The number of fused-ring (bicyclic) bond motifs is 1. The van der Waals surface area contributed by atoms with Crippen LogP contribution in [0.2, 0.25) is 0 Å². The molecule has 0 bridgehead atoms. The van der Waals surface area contributed by atoms with Gasteiger partial charge in [0.25, 0.3) is 0 Å². The second-order valence-corrected chi connectivity index (χ2v) is 4.14. The summed E-state index contributed by atoms with van der Waals surface area (Å²) in [5.41, 5.74) is 0.955. The van der Waals surface area contributed by atoms with Gasteiger partial charge in [0, 0.05) is 10.4 Å². The van der Waals surface area contributed by atoms with E-state index in [-0.39, 0.29) is 0 Å². The number of hydrogen-bond donors (Lipinski definition) is 0. The first-order chi connectivity index (χ1) is 6.79. The second-order valence-electron chi connectivity index (χ2n) is 3.08. The molecule has 2 rings (SSSR count). The molecule has 0 radical (unpaired) electrons. The molecule has 2 heteroatoms. The number of thiophene rings is 1. The minimum absolute atomic E-state index is 0.955. The number of allylic oxidation sites excluding steroid dienone is 1. The first-order valence-corrected chi connectivity index (χ1v) is 5.27. The van der Waals surface area contributed by atoms with E-state index in [1.807, 2.05) is 19.1 Å². The molecule has 0 aliphatic carbocycles. The van der Waals surface area contributed by atoms with Crippen molar-refractivity contribution in [3.8, 4) is 0 Å². The third-order valence-corrected chi connectivity index (χ3v) is 3.00. The maximum Gasteiger partial charge on any atom is 0.117 e. The normalized spacial score (nSPS) is 11.9. The summed E-state index contributed by atoms with van der Waals surface area (Å²) in [5.74, 6) is 0. The zero-order valence-corrected chi connectivity index (χ0v) is 8.84. The monoisotopic (exact) mass is 201 g/mol. The van der Waals surface area contributed by atoms with Gasteiger partial charge in [-0.05, 0) is 30.5 Å². The molecule has 0 N–H and O–H groups in total. The standard InChI is InChI=1S/C12H11NS/c1-3-9(2)13-12-8-10-6-4-5-7-11(10)14-12/h3-8H,1H2,2H3/b13-9+. The summed E-state index contributed by atoms with van der Waals surface area (Å²) < 4.78 is 1.28. The van der Waals surface area contributed by atoms with Crippen LogP contribution in [0.15, 0.2) is 48.0 Å². The molecule has 0 spiro atoms. The Hall–Kier alpha value is -1.41. The van der Waals surface area contributed by atoms with Crippen molar-refractivity contribution in [1.82, 2.24) is 0 Å². The smallest absolute Gasteiger partial charge is 0.117 e. The van der Waals surface area contributed by atoms with Gasteiger partial charge in [-0.3, -0.25) is 0 Å². The van der Waals surface area contributed by atoms with Crippen LogP contribution < -0.4 is 0 Å². The van der Waals surface area contributed by atoms with Gasteiger partial charge < -0.3 is 0 Å². The molecule has 1 aromatic carbocycles. The maximum absolute atomic E-state index is 4.43.